The number of aromatic nitrogens is 2. The lowest BCUT2D eigenvalue weighted by Crippen LogP contribution is -2.45. The molecule has 7 nitrogen and oxygen atoms in total. The zero-order valence-electron chi connectivity index (χ0n) is 17.8. The van der Waals surface area contributed by atoms with Crippen molar-refractivity contribution >= 4 is 17.4 Å². The highest BCUT2D eigenvalue weighted by Crippen LogP contribution is 2.55. The number of benzene rings is 2. The molecule has 0 radical (unpaired) electrons. The number of likely N-dealkylation sites (N-methyl/N-ethyl adjacent to an activating group) is 1. The number of carbonyl (C=O) groups is 1. The highest BCUT2D eigenvalue weighted by atomic mass is 16.2. The Morgan fingerprint density at radius 2 is 1.87 bits per heavy atom. The van der Waals surface area contributed by atoms with Crippen LogP contribution in [0.2, 0.25) is 0 Å². The fraction of sp³-hybridized carbons (Fsp3) is 0.208. The van der Waals surface area contributed by atoms with E-state index in [0.717, 1.165) is 28.1 Å². The van der Waals surface area contributed by atoms with Crippen LogP contribution in [0.1, 0.15) is 27.9 Å². The van der Waals surface area contributed by atoms with Gasteiger partial charge < -0.3 is 16.0 Å². The van der Waals surface area contributed by atoms with Crippen molar-refractivity contribution in [2.45, 2.75) is 26.2 Å². The van der Waals surface area contributed by atoms with Crippen LogP contribution >= 0.6 is 0 Å². The number of hydrogen-bond donors (Lipinski definition) is 2. The normalized spacial score (nSPS) is 19.3. The molecule has 154 valence electrons. The number of nitrogens with zero attached hydrogens (tertiary/aromatic N) is 4. The first-order chi connectivity index (χ1) is 14.8. The molecule has 2 aromatic carbocycles. The Bertz CT molecular complexity index is 1360. The van der Waals surface area contributed by atoms with Crippen molar-refractivity contribution in [2.24, 2.45) is 5.73 Å². The Labute approximate surface area is 180 Å². The second kappa shape index (κ2) is 6.22. The number of fused-ring (bicyclic) bond motifs is 4. The molecule has 2 aliphatic heterocycles. The Kier molecular flexibility index (Phi) is 3.80. The van der Waals surface area contributed by atoms with E-state index in [9.17, 15) is 10.1 Å². The molecule has 1 unspecified atom stereocenters. The summed E-state index contributed by atoms with van der Waals surface area (Å²) in [6, 6.07) is 15.9. The van der Waals surface area contributed by atoms with Gasteiger partial charge in [-0.3, -0.25) is 4.79 Å². The molecule has 0 saturated heterocycles. The van der Waals surface area contributed by atoms with Crippen molar-refractivity contribution in [3.63, 3.8) is 0 Å². The van der Waals surface area contributed by atoms with Gasteiger partial charge in [0, 0.05) is 23.9 Å². The van der Waals surface area contributed by atoms with Crippen molar-refractivity contribution in [1.82, 2.24) is 9.78 Å². The van der Waals surface area contributed by atoms with Crippen LogP contribution in [0.4, 0.5) is 11.5 Å². The molecule has 0 aliphatic carbocycles. The van der Waals surface area contributed by atoms with E-state index >= 15 is 0 Å². The zero-order valence-corrected chi connectivity index (χ0v) is 17.8. The summed E-state index contributed by atoms with van der Waals surface area (Å²) in [7, 11) is 1.73. The molecular formula is C24H22N6O. The molecule has 0 fully saturated rings. The Balaban J connectivity index is 1.91. The van der Waals surface area contributed by atoms with E-state index < -0.39 is 5.41 Å². The monoisotopic (exact) mass is 410 g/mol. The van der Waals surface area contributed by atoms with Gasteiger partial charge in [0.15, 0.2) is 0 Å². The van der Waals surface area contributed by atoms with Crippen molar-refractivity contribution in [2.75, 3.05) is 17.3 Å². The van der Waals surface area contributed by atoms with Crippen molar-refractivity contribution in [1.29, 1.82) is 5.26 Å². The van der Waals surface area contributed by atoms with Gasteiger partial charge >= 0.3 is 0 Å². The maximum Gasteiger partial charge on any atom is 0.247 e. The van der Waals surface area contributed by atoms with Gasteiger partial charge in [0.05, 0.1) is 17.0 Å². The molecule has 1 spiro atoms. The topological polar surface area (TPSA) is 100.0 Å². The van der Waals surface area contributed by atoms with E-state index in [-0.39, 0.29) is 17.3 Å². The average molecular weight is 410 g/mol. The van der Waals surface area contributed by atoms with Crippen LogP contribution in [0.5, 0.6) is 0 Å². The third-order valence-corrected chi connectivity index (χ3v) is 6.33. The number of aryl methyl sites for hydroxylation is 3. The predicted molar refractivity (Wildman–Crippen MR) is 119 cm³/mol. The molecule has 0 saturated carbocycles. The van der Waals surface area contributed by atoms with E-state index in [0.29, 0.717) is 17.1 Å². The van der Waals surface area contributed by atoms with Gasteiger partial charge in [-0.05, 0) is 44.0 Å². The first-order valence-electron chi connectivity index (χ1n) is 10.0. The molecule has 1 aromatic heterocycles. The molecule has 5 rings (SSSR count). The lowest BCUT2D eigenvalue weighted by molar-refractivity contribution is -0.120. The predicted octanol–water partition coefficient (Wildman–Crippen LogP) is 3.18. The van der Waals surface area contributed by atoms with Crippen LogP contribution in [0.3, 0.4) is 0 Å². The molecule has 3 N–H and O–H groups in total. The number of anilines is 2. The van der Waals surface area contributed by atoms with Crippen LogP contribution in [-0.4, -0.2) is 22.7 Å². The van der Waals surface area contributed by atoms with Gasteiger partial charge in [-0.25, -0.2) is 4.68 Å². The van der Waals surface area contributed by atoms with E-state index in [4.69, 9.17) is 10.8 Å². The molecule has 1 atom stereocenters. The highest BCUT2D eigenvalue weighted by molar-refractivity contribution is 6.14. The zero-order chi connectivity index (χ0) is 22.1. The minimum Gasteiger partial charge on any atom is -0.384 e. The second-order valence-electron chi connectivity index (χ2n) is 8.17. The van der Waals surface area contributed by atoms with Crippen LogP contribution in [-0.2, 0) is 10.2 Å². The first-order valence-corrected chi connectivity index (χ1v) is 10.0. The maximum atomic E-state index is 13.9. The third-order valence-electron chi connectivity index (χ3n) is 6.33. The van der Waals surface area contributed by atoms with Crippen LogP contribution in [0.25, 0.3) is 5.69 Å². The molecule has 3 aromatic rings. The highest BCUT2D eigenvalue weighted by Gasteiger charge is 2.59. The fourth-order valence-corrected chi connectivity index (χ4v) is 4.92. The SMILES string of the molecule is Cc1ccc(C)c(-n2nc(C)c3c2NC(N)=C(C#N)C32C(=O)N(C)c3ccccc32)c1. The van der Waals surface area contributed by atoms with Gasteiger partial charge in [-0.1, -0.05) is 30.3 Å². The number of amides is 1. The lowest BCUT2D eigenvalue weighted by Gasteiger charge is -2.34. The van der Waals surface area contributed by atoms with Gasteiger partial charge in [0.2, 0.25) is 5.91 Å². The number of carbonyl (C=O) groups excluding carboxylic acids is 1. The number of nitrogens with one attached hydrogen (secondary N) is 1. The summed E-state index contributed by atoms with van der Waals surface area (Å²) in [6.45, 7) is 5.91. The summed E-state index contributed by atoms with van der Waals surface area (Å²) >= 11 is 0. The van der Waals surface area contributed by atoms with Crippen LogP contribution < -0.4 is 16.0 Å². The molecule has 2 aliphatic rings. The van der Waals surface area contributed by atoms with Gasteiger partial charge in [0.25, 0.3) is 0 Å². The van der Waals surface area contributed by atoms with E-state index in [2.05, 4.69) is 11.4 Å². The summed E-state index contributed by atoms with van der Waals surface area (Å²) in [6.07, 6.45) is 0. The van der Waals surface area contributed by atoms with Gasteiger partial charge in [0.1, 0.15) is 23.1 Å². The summed E-state index contributed by atoms with van der Waals surface area (Å²) < 4.78 is 1.80. The summed E-state index contributed by atoms with van der Waals surface area (Å²) in [5.74, 6) is 0.570. The smallest absolute Gasteiger partial charge is 0.247 e. The van der Waals surface area contributed by atoms with E-state index in [1.807, 2.05) is 63.2 Å². The number of rotatable bonds is 1. The van der Waals surface area contributed by atoms with E-state index in [1.54, 1.807) is 16.6 Å². The lowest BCUT2D eigenvalue weighted by atomic mass is 9.68. The molecule has 1 amide bonds. The second-order valence-corrected chi connectivity index (χ2v) is 8.17. The standard InChI is InChI=1S/C24H22N6O/c1-13-9-10-14(2)19(11-13)30-22-20(15(3)28-30)24(17(12-25)21(26)27-22)16-7-5-6-8-18(16)29(4)23(24)31/h5-11,27H,26H2,1-4H3. The Hall–Kier alpha value is -4.05. The number of nitriles is 1. The van der Waals surface area contributed by atoms with E-state index in [1.165, 1.54) is 0 Å². The van der Waals surface area contributed by atoms with Crippen LogP contribution in [0.15, 0.2) is 53.9 Å². The Morgan fingerprint density at radius 3 is 2.61 bits per heavy atom. The van der Waals surface area contributed by atoms with Crippen molar-refractivity contribution in [3.8, 4) is 11.8 Å². The van der Waals surface area contributed by atoms with Crippen molar-refractivity contribution in [3.05, 3.63) is 81.8 Å². The molecular weight excluding hydrogens is 388 g/mol. The quantitative estimate of drug-likeness (QED) is 0.642. The summed E-state index contributed by atoms with van der Waals surface area (Å²) in [5.41, 5.74) is 11.1. The minimum absolute atomic E-state index is 0.167. The Morgan fingerprint density at radius 1 is 1.13 bits per heavy atom. The molecule has 31 heavy (non-hydrogen) atoms. The van der Waals surface area contributed by atoms with Crippen LogP contribution in [0, 0.1) is 32.1 Å². The third kappa shape index (κ3) is 2.22. The molecule has 0 bridgehead atoms. The fourth-order valence-electron chi connectivity index (χ4n) is 4.92. The largest absolute Gasteiger partial charge is 0.384 e. The average Bonchev–Trinajstić information content (AvgIpc) is 3.19. The molecule has 7 heteroatoms. The minimum atomic E-state index is -1.33. The van der Waals surface area contributed by atoms with Crippen molar-refractivity contribution < 1.29 is 4.79 Å². The number of nitrogens with two attached hydrogens (primary N) is 1. The number of para-hydroxylation sites is 1. The van der Waals surface area contributed by atoms with Gasteiger partial charge in [-0.15, -0.1) is 0 Å². The summed E-state index contributed by atoms with van der Waals surface area (Å²) in [5, 5.41) is 18.1. The summed E-state index contributed by atoms with van der Waals surface area (Å²) in [4.78, 5) is 15.5. The maximum absolute atomic E-state index is 13.9. The first kappa shape index (κ1) is 18.9. The van der Waals surface area contributed by atoms with Gasteiger partial charge in [-0.2, -0.15) is 10.4 Å². The number of hydrogen-bond acceptors (Lipinski definition) is 5. The molecule has 3 heterocycles.